The van der Waals surface area contributed by atoms with Gasteiger partial charge in [0.1, 0.15) is 11.5 Å². The molecule has 0 saturated carbocycles. The highest BCUT2D eigenvalue weighted by atomic mass is 32.2. The zero-order valence-electron chi connectivity index (χ0n) is 20.5. The van der Waals surface area contributed by atoms with E-state index in [-0.39, 0.29) is 17.9 Å². The molecule has 37 heavy (non-hydrogen) atoms. The van der Waals surface area contributed by atoms with Gasteiger partial charge in [-0.25, -0.2) is 8.42 Å². The number of benzene rings is 3. The van der Waals surface area contributed by atoms with E-state index in [1.54, 1.807) is 36.4 Å². The summed E-state index contributed by atoms with van der Waals surface area (Å²) in [7, 11) is -0.886. The molecule has 9 nitrogen and oxygen atoms in total. The fourth-order valence-corrected chi connectivity index (χ4v) is 5.93. The molecule has 0 aliphatic carbocycles. The third-order valence-electron chi connectivity index (χ3n) is 6.12. The molecule has 4 rings (SSSR count). The summed E-state index contributed by atoms with van der Waals surface area (Å²) in [6.07, 6.45) is 0.294. The monoisotopic (exact) mass is 524 g/mol. The van der Waals surface area contributed by atoms with Crippen LogP contribution in [-0.4, -0.2) is 52.0 Å². The van der Waals surface area contributed by atoms with Crippen molar-refractivity contribution in [2.24, 2.45) is 0 Å². The van der Waals surface area contributed by atoms with Crippen LogP contribution >= 0.6 is 0 Å². The highest BCUT2D eigenvalue weighted by Gasteiger charge is 2.37. The van der Waals surface area contributed by atoms with Crippen molar-refractivity contribution in [3.05, 3.63) is 83.9 Å². The van der Waals surface area contributed by atoms with Gasteiger partial charge in [0.25, 0.3) is 5.91 Å². The summed E-state index contributed by atoms with van der Waals surface area (Å²) in [5.74, 6) is -0.301. The maximum absolute atomic E-state index is 13.5. The molecule has 1 amide bonds. The Bertz CT molecular complexity index is 1380. The Morgan fingerprint density at radius 2 is 1.70 bits per heavy atom. The molecule has 10 heteroatoms. The molecular weight excluding hydrogens is 496 g/mol. The second kappa shape index (κ2) is 11.4. The number of ether oxygens (including phenoxy) is 3. The lowest BCUT2D eigenvalue weighted by molar-refractivity contribution is -0.148. The van der Waals surface area contributed by atoms with Crippen LogP contribution in [0.15, 0.2) is 77.7 Å². The number of methoxy groups -OCH3 is 2. The predicted molar refractivity (Wildman–Crippen MR) is 137 cm³/mol. The van der Waals surface area contributed by atoms with E-state index >= 15 is 0 Å². The van der Waals surface area contributed by atoms with Crippen molar-refractivity contribution in [3.63, 3.8) is 0 Å². The van der Waals surface area contributed by atoms with Crippen LogP contribution in [0.1, 0.15) is 23.6 Å². The number of nitrogens with one attached hydrogen (secondary N) is 1. The number of hydrogen-bond donors (Lipinski definition) is 1. The Kier molecular flexibility index (Phi) is 8.10. The van der Waals surface area contributed by atoms with Crippen molar-refractivity contribution in [2.75, 3.05) is 32.7 Å². The van der Waals surface area contributed by atoms with Crippen molar-refractivity contribution in [1.82, 2.24) is 4.31 Å². The lowest BCUT2D eigenvalue weighted by Gasteiger charge is -2.36. The van der Waals surface area contributed by atoms with Crippen molar-refractivity contribution in [3.8, 4) is 11.5 Å². The lowest BCUT2D eigenvalue weighted by atomic mass is 9.92. The Morgan fingerprint density at radius 3 is 2.43 bits per heavy atom. The number of anilines is 1. The first kappa shape index (κ1) is 26.2. The summed E-state index contributed by atoms with van der Waals surface area (Å²) < 4.78 is 43.9. The molecule has 0 bridgehead atoms. The number of carbonyl (C=O) groups excluding carboxylic acids is 2. The van der Waals surface area contributed by atoms with Gasteiger partial charge in [-0.15, -0.1) is 0 Å². The summed E-state index contributed by atoms with van der Waals surface area (Å²) in [4.78, 5) is 25.4. The summed E-state index contributed by atoms with van der Waals surface area (Å²) in [5, 5.41) is 2.64. The Balaban J connectivity index is 1.47. The van der Waals surface area contributed by atoms with Gasteiger partial charge in [-0.3, -0.25) is 9.59 Å². The maximum Gasteiger partial charge on any atom is 0.308 e. The van der Waals surface area contributed by atoms with E-state index in [2.05, 4.69) is 5.32 Å². The summed E-state index contributed by atoms with van der Waals surface area (Å²) in [6.45, 7) is -0.308. The Hall–Kier alpha value is -3.89. The zero-order valence-corrected chi connectivity index (χ0v) is 21.4. The van der Waals surface area contributed by atoms with E-state index in [9.17, 15) is 18.0 Å². The predicted octanol–water partition coefficient (Wildman–Crippen LogP) is 3.56. The summed E-state index contributed by atoms with van der Waals surface area (Å²) in [6, 6.07) is 19.7. The maximum atomic E-state index is 13.5. The molecule has 0 fully saturated rings. The fraction of sp³-hybridized carbons (Fsp3) is 0.259. The first-order valence-electron chi connectivity index (χ1n) is 11.7. The second-order valence-corrected chi connectivity index (χ2v) is 10.3. The van der Waals surface area contributed by atoms with Crippen LogP contribution in [0.5, 0.6) is 11.5 Å². The highest BCUT2D eigenvalue weighted by molar-refractivity contribution is 7.89. The van der Waals surface area contributed by atoms with Crippen molar-refractivity contribution >= 4 is 27.6 Å². The van der Waals surface area contributed by atoms with Gasteiger partial charge in [0.05, 0.1) is 37.3 Å². The number of hydrogen-bond acceptors (Lipinski definition) is 7. The van der Waals surface area contributed by atoms with Gasteiger partial charge >= 0.3 is 5.97 Å². The Morgan fingerprint density at radius 1 is 0.973 bits per heavy atom. The molecule has 1 heterocycles. The smallest absolute Gasteiger partial charge is 0.308 e. The van der Waals surface area contributed by atoms with Gasteiger partial charge in [-0.2, -0.15) is 4.31 Å². The topological polar surface area (TPSA) is 111 Å². The summed E-state index contributed by atoms with van der Waals surface area (Å²) in [5.41, 5.74) is 2.12. The molecule has 1 aliphatic heterocycles. The van der Waals surface area contributed by atoms with Crippen molar-refractivity contribution in [1.29, 1.82) is 0 Å². The Labute approximate surface area is 216 Å². The molecule has 1 aliphatic rings. The molecule has 0 spiro atoms. The van der Waals surface area contributed by atoms with E-state index in [0.717, 1.165) is 11.1 Å². The SMILES string of the molecule is COc1ccc(NC(=O)COC(=O)CC2c3ccccc3CCN2S(=O)(=O)c2ccccc2)c(OC)c1. The molecule has 1 unspecified atom stereocenters. The van der Waals surface area contributed by atoms with Gasteiger partial charge < -0.3 is 19.5 Å². The van der Waals surface area contributed by atoms with Crippen LogP contribution in [0.3, 0.4) is 0 Å². The van der Waals surface area contributed by atoms with Crippen molar-refractivity contribution in [2.45, 2.75) is 23.8 Å². The molecule has 0 radical (unpaired) electrons. The number of amides is 1. The molecule has 1 N–H and O–H groups in total. The van der Waals surface area contributed by atoms with E-state index in [0.29, 0.717) is 23.6 Å². The number of fused-ring (bicyclic) bond motifs is 1. The minimum atomic E-state index is -3.86. The average Bonchev–Trinajstić information content (AvgIpc) is 2.92. The van der Waals surface area contributed by atoms with Crippen LogP contribution in [0, 0.1) is 0 Å². The van der Waals surface area contributed by atoms with Crippen LogP contribution < -0.4 is 14.8 Å². The molecule has 194 valence electrons. The van der Waals surface area contributed by atoms with Crippen LogP contribution in [0.4, 0.5) is 5.69 Å². The number of esters is 1. The van der Waals surface area contributed by atoms with Gasteiger partial charge in [0.2, 0.25) is 10.0 Å². The van der Waals surface area contributed by atoms with Crippen LogP contribution in [-0.2, 0) is 30.8 Å². The minimum absolute atomic E-state index is 0.153. The van der Waals surface area contributed by atoms with E-state index in [1.807, 2.05) is 24.3 Å². The summed E-state index contributed by atoms with van der Waals surface area (Å²) >= 11 is 0. The molecule has 1 atom stereocenters. The lowest BCUT2D eigenvalue weighted by Crippen LogP contribution is -2.41. The molecule has 0 saturated heterocycles. The van der Waals surface area contributed by atoms with Crippen molar-refractivity contribution < 1.29 is 32.2 Å². The zero-order chi connectivity index (χ0) is 26.4. The van der Waals surface area contributed by atoms with Gasteiger partial charge in [-0.1, -0.05) is 42.5 Å². The quantitative estimate of drug-likeness (QED) is 0.426. The largest absolute Gasteiger partial charge is 0.497 e. The number of rotatable bonds is 9. The van der Waals surface area contributed by atoms with Crippen LogP contribution in [0.2, 0.25) is 0 Å². The standard InChI is InChI=1S/C27H28N2O7S/c1-34-20-12-13-23(25(16-20)35-2)28-26(30)18-36-27(31)17-24-22-11-7-6-8-19(22)14-15-29(24)37(32,33)21-9-4-3-5-10-21/h3-13,16,24H,14-15,17-18H2,1-2H3,(H,28,30). The molecule has 3 aromatic carbocycles. The first-order valence-corrected chi connectivity index (χ1v) is 13.1. The third-order valence-corrected chi connectivity index (χ3v) is 8.04. The molecule has 0 aromatic heterocycles. The fourth-order valence-electron chi connectivity index (χ4n) is 4.31. The number of nitrogens with zero attached hydrogens (tertiary/aromatic N) is 1. The minimum Gasteiger partial charge on any atom is -0.497 e. The number of sulfonamides is 1. The first-order chi connectivity index (χ1) is 17.8. The second-order valence-electron chi connectivity index (χ2n) is 8.37. The third kappa shape index (κ3) is 5.92. The molecular formula is C27H28N2O7S. The van der Waals surface area contributed by atoms with E-state index in [4.69, 9.17) is 14.2 Å². The van der Waals surface area contributed by atoms with E-state index in [1.165, 1.54) is 30.7 Å². The van der Waals surface area contributed by atoms with E-state index < -0.39 is 34.5 Å². The number of carbonyl (C=O) groups is 2. The van der Waals surface area contributed by atoms with Gasteiger partial charge in [0.15, 0.2) is 6.61 Å². The molecule has 3 aromatic rings. The highest BCUT2D eigenvalue weighted by Crippen LogP contribution is 2.36. The van der Waals surface area contributed by atoms with Crippen LogP contribution in [0.25, 0.3) is 0 Å². The van der Waals surface area contributed by atoms with Gasteiger partial charge in [0, 0.05) is 12.6 Å². The average molecular weight is 525 g/mol. The van der Waals surface area contributed by atoms with Gasteiger partial charge in [-0.05, 0) is 41.8 Å². The normalized spacial score (nSPS) is 15.4.